The van der Waals surface area contributed by atoms with Crippen LogP contribution in [0.25, 0.3) is 0 Å². The Labute approximate surface area is 80.7 Å². The summed E-state index contributed by atoms with van der Waals surface area (Å²) >= 11 is 5.69. The molecule has 0 saturated carbocycles. The molecule has 0 spiro atoms. The third-order valence-corrected chi connectivity index (χ3v) is 1.73. The van der Waals surface area contributed by atoms with E-state index in [1.807, 2.05) is 0 Å². The molecule has 0 fully saturated rings. The van der Waals surface area contributed by atoms with E-state index in [0.717, 1.165) is 0 Å². The first-order chi connectivity index (χ1) is 6.27. The zero-order chi connectivity index (χ0) is 9.68. The van der Waals surface area contributed by atoms with Gasteiger partial charge in [0.05, 0.1) is 5.02 Å². The first-order valence-electron chi connectivity index (χ1n) is 3.43. The largest absolute Gasteiger partial charge is 0.298 e. The Bertz CT molecular complexity index is 434. The van der Waals surface area contributed by atoms with E-state index in [1.165, 1.54) is 0 Å². The van der Waals surface area contributed by atoms with E-state index in [4.69, 9.17) is 16.9 Å². The minimum Gasteiger partial charge on any atom is -0.298 e. The van der Waals surface area contributed by atoms with E-state index in [9.17, 15) is 4.79 Å². The van der Waals surface area contributed by atoms with Crippen LogP contribution in [0.4, 0.5) is 0 Å². The molecule has 0 aromatic heterocycles. The van der Waals surface area contributed by atoms with Crippen molar-refractivity contribution in [1.29, 1.82) is 5.26 Å². The summed E-state index contributed by atoms with van der Waals surface area (Å²) in [5, 5.41) is 8.58. The lowest BCUT2D eigenvalue weighted by atomic mass is 10.1. The average molecular weight is 190 g/mol. The van der Waals surface area contributed by atoms with Crippen LogP contribution >= 0.6 is 11.6 Å². The van der Waals surface area contributed by atoms with E-state index >= 15 is 0 Å². The maximum atomic E-state index is 10.5. The summed E-state index contributed by atoms with van der Waals surface area (Å²) in [5.41, 5.74) is 0.986. The molecule has 0 aliphatic heterocycles. The summed E-state index contributed by atoms with van der Waals surface area (Å²) in [5.74, 6) is 4.80. The van der Waals surface area contributed by atoms with Gasteiger partial charge in [-0.1, -0.05) is 17.5 Å². The molecule has 0 N–H and O–H groups in total. The van der Waals surface area contributed by atoms with Gasteiger partial charge in [-0.15, -0.1) is 0 Å². The van der Waals surface area contributed by atoms with Crippen LogP contribution in [0.3, 0.4) is 0 Å². The Balaban J connectivity index is 3.15. The van der Waals surface area contributed by atoms with Crippen molar-refractivity contribution in [2.24, 2.45) is 0 Å². The standard InChI is InChI=1S/C10H4ClNO/c11-10-4-3-8(2-1-5-12)6-9(10)7-13/h3-4,6-7H. The second kappa shape index (κ2) is 4.30. The van der Waals surface area contributed by atoms with Gasteiger partial charge in [0.1, 0.15) is 0 Å². The minimum absolute atomic E-state index is 0.381. The zero-order valence-electron chi connectivity index (χ0n) is 6.54. The van der Waals surface area contributed by atoms with E-state index in [-0.39, 0.29) is 0 Å². The maximum absolute atomic E-state index is 10.5. The molecule has 1 aromatic carbocycles. The van der Waals surface area contributed by atoms with Crippen LogP contribution in [-0.2, 0) is 0 Å². The van der Waals surface area contributed by atoms with E-state index in [1.54, 1.807) is 24.3 Å². The average Bonchev–Trinajstić information content (AvgIpc) is 2.16. The molecule has 0 aliphatic rings. The maximum Gasteiger partial charge on any atom is 0.152 e. The lowest BCUT2D eigenvalue weighted by molar-refractivity contribution is 0.112. The van der Waals surface area contributed by atoms with Crippen LogP contribution in [0.1, 0.15) is 15.9 Å². The first-order valence-corrected chi connectivity index (χ1v) is 3.80. The number of halogens is 1. The first kappa shape index (κ1) is 9.32. The molecule has 2 nitrogen and oxygen atoms in total. The molecule has 1 rings (SSSR count). The number of carbonyl (C=O) groups is 1. The van der Waals surface area contributed by atoms with Crippen LogP contribution in [0.15, 0.2) is 18.2 Å². The monoisotopic (exact) mass is 189 g/mol. The van der Waals surface area contributed by atoms with Crippen molar-refractivity contribution in [3.63, 3.8) is 0 Å². The third kappa shape index (κ3) is 2.33. The Morgan fingerprint density at radius 3 is 2.85 bits per heavy atom. The summed E-state index contributed by atoms with van der Waals surface area (Å²) < 4.78 is 0. The third-order valence-electron chi connectivity index (χ3n) is 1.39. The fourth-order valence-electron chi connectivity index (χ4n) is 0.812. The molecule has 0 amide bonds. The number of rotatable bonds is 1. The normalized spacial score (nSPS) is 8.00. The van der Waals surface area contributed by atoms with Gasteiger partial charge in [0.15, 0.2) is 12.4 Å². The molecular weight excluding hydrogens is 186 g/mol. The molecule has 0 atom stereocenters. The number of nitrogens with zero attached hydrogens (tertiary/aromatic N) is 1. The molecule has 0 heterocycles. The highest BCUT2D eigenvalue weighted by Gasteiger charge is 1.98. The number of aldehydes is 1. The van der Waals surface area contributed by atoms with Crippen LogP contribution in [-0.4, -0.2) is 6.29 Å². The predicted octanol–water partition coefficient (Wildman–Crippen LogP) is 2.03. The lowest BCUT2D eigenvalue weighted by Gasteiger charge is -1.95. The molecule has 0 radical (unpaired) electrons. The van der Waals surface area contributed by atoms with Gasteiger partial charge in [-0.25, -0.2) is 0 Å². The molecular formula is C10H4ClNO. The van der Waals surface area contributed by atoms with Gasteiger partial charge in [0.25, 0.3) is 0 Å². The Hall–Kier alpha value is -1.77. The van der Waals surface area contributed by atoms with Crippen LogP contribution in [0, 0.1) is 23.2 Å². The van der Waals surface area contributed by atoms with Gasteiger partial charge in [-0.2, -0.15) is 5.26 Å². The molecule has 0 bridgehead atoms. The van der Waals surface area contributed by atoms with E-state index < -0.39 is 0 Å². The van der Waals surface area contributed by atoms with Crippen molar-refractivity contribution in [2.45, 2.75) is 0 Å². The van der Waals surface area contributed by atoms with Crippen LogP contribution < -0.4 is 0 Å². The van der Waals surface area contributed by atoms with Crippen molar-refractivity contribution < 1.29 is 4.79 Å². The summed E-state index contributed by atoms with van der Waals surface area (Å²) in [6.07, 6.45) is 0.653. The molecule has 1 aromatic rings. The molecule has 13 heavy (non-hydrogen) atoms. The molecule has 3 heteroatoms. The van der Waals surface area contributed by atoms with Gasteiger partial charge in [-0.3, -0.25) is 4.79 Å². The van der Waals surface area contributed by atoms with E-state index in [0.29, 0.717) is 22.4 Å². The number of benzene rings is 1. The Morgan fingerprint density at radius 2 is 2.23 bits per heavy atom. The fourth-order valence-corrected chi connectivity index (χ4v) is 0.974. The van der Waals surface area contributed by atoms with Crippen LogP contribution in [0.2, 0.25) is 5.02 Å². The molecule has 0 aliphatic carbocycles. The summed E-state index contributed by atoms with van der Waals surface area (Å²) in [7, 11) is 0. The van der Waals surface area contributed by atoms with Crippen molar-refractivity contribution >= 4 is 17.9 Å². The Kier molecular flexibility index (Phi) is 3.09. The summed E-state index contributed by atoms with van der Waals surface area (Å²) in [4.78, 5) is 10.5. The van der Waals surface area contributed by atoms with Crippen molar-refractivity contribution in [3.05, 3.63) is 34.3 Å². The highest BCUT2D eigenvalue weighted by Crippen LogP contribution is 2.14. The predicted molar refractivity (Wildman–Crippen MR) is 49.3 cm³/mol. The summed E-state index contributed by atoms with van der Waals surface area (Å²) in [6, 6.07) is 6.46. The van der Waals surface area contributed by atoms with Gasteiger partial charge in [-0.05, 0) is 18.2 Å². The minimum atomic E-state index is 0.381. The summed E-state index contributed by atoms with van der Waals surface area (Å²) in [6.45, 7) is 0. The van der Waals surface area contributed by atoms with Crippen molar-refractivity contribution in [3.8, 4) is 17.9 Å². The topological polar surface area (TPSA) is 40.9 Å². The highest BCUT2D eigenvalue weighted by atomic mass is 35.5. The van der Waals surface area contributed by atoms with Crippen molar-refractivity contribution in [2.75, 3.05) is 0 Å². The van der Waals surface area contributed by atoms with Gasteiger partial charge < -0.3 is 0 Å². The van der Waals surface area contributed by atoms with Gasteiger partial charge in [0, 0.05) is 17.0 Å². The van der Waals surface area contributed by atoms with Gasteiger partial charge in [0.2, 0.25) is 0 Å². The second-order valence-corrected chi connectivity index (χ2v) is 2.62. The quantitative estimate of drug-likeness (QED) is 0.501. The highest BCUT2D eigenvalue weighted by molar-refractivity contribution is 6.32. The zero-order valence-corrected chi connectivity index (χ0v) is 7.30. The molecule has 0 unspecified atom stereocenters. The SMILES string of the molecule is N#CC#Cc1ccc(Cl)c(C=O)c1. The number of carbonyl (C=O) groups excluding carboxylic acids is 1. The van der Waals surface area contributed by atoms with Crippen LogP contribution in [0.5, 0.6) is 0 Å². The van der Waals surface area contributed by atoms with Crippen molar-refractivity contribution in [1.82, 2.24) is 0 Å². The lowest BCUT2D eigenvalue weighted by Crippen LogP contribution is -1.83. The molecule has 0 saturated heterocycles. The fraction of sp³-hybridized carbons (Fsp3) is 0. The number of nitriles is 1. The number of hydrogen-bond acceptors (Lipinski definition) is 2. The molecule has 62 valence electrons. The van der Waals surface area contributed by atoms with E-state index in [2.05, 4.69) is 11.8 Å². The Morgan fingerprint density at radius 1 is 1.46 bits per heavy atom. The smallest absolute Gasteiger partial charge is 0.152 e. The number of hydrogen-bond donors (Lipinski definition) is 0. The second-order valence-electron chi connectivity index (χ2n) is 2.22. The van der Waals surface area contributed by atoms with Gasteiger partial charge >= 0.3 is 0 Å².